The van der Waals surface area contributed by atoms with E-state index in [1.807, 2.05) is 74.5 Å². The molecular weight excluding hydrogens is 466 g/mol. The van der Waals surface area contributed by atoms with Crippen molar-refractivity contribution in [2.24, 2.45) is 0 Å². The molecular formula is C26H37N3O5S. The van der Waals surface area contributed by atoms with Gasteiger partial charge in [-0.3, -0.25) is 9.59 Å². The van der Waals surface area contributed by atoms with Gasteiger partial charge in [0, 0.05) is 26.2 Å². The normalized spacial score (nSPS) is 12.5. The first-order valence-electron chi connectivity index (χ1n) is 11.8. The van der Waals surface area contributed by atoms with Gasteiger partial charge in [0.2, 0.25) is 21.8 Å². The molecule has 8 nitrogen and oxygen atoms in total. The predicted molar refractivity (Wildman–Crippen MR) is 137 cm³/mol. The standard InChI is InChI=1S/C26H37N3O5S/c1-21(2)34-17-11-16-27-26(31)22(3)29(19-24-14-9-6-10-15-24)25(30)20-28(35(4,32)33)18-23-12-7-5-8-13-23/h5-10,12-15,21-22H,11,16-20H2,1-4H3,(H,27,31). The third kappa shape index (κ3) is 10.2. The van der Waals surface area contributed by atoms with Crippen LogP contribution in [0.1, 0.15) is 38.3 Å². The third-order valence-corrected chi connectivity index (χ3v) is 6.61. The van der Waals surface area contributed by atoms with Crippen molar-refractivity contribution in [3.8, 4) is 0 Å². The Kier molecular flexibility index (Phi) is 11.4. The fourth-order valence-electron chi connectivity index (χ4n) is 3.43. The number of nitrogens with one attached hydrogen (secondary N) is 1. The van der Waals surface area contributed by atoms with Crippen LogP contribution in [0.25, 0.3) is 0 Å². The highest BCUT2D eigenvalue weighted by molar-refractivity contribution is 7.88. The molecule has 1 atom stereocenters. The molecule has 0 heterocycles. The molecule has 0 bridgehead atoms. The Hall–Kier alpha value is -2.75. The van der Waals surface area contributed by atoms with E-state index in [2.05, 4.69) is 5.32 Å². The Morgan fingerprint density at radius 2 is 1.46 bits per heavy atom. The number of rotatable bonds is 14. The molecule has 2 rings (SSSR count). The lowest BCUT2D eigenvalue weighted by Gasteiger charge is -2.31. The van der Waals surface area contributed by atoms with Crippen molar-refractivity contribution in [2.45, 2.75) is 52.4 Å². The van der Waals surface area contributed by atoms with Gasteiger partial charge < -0.3 is 15.0 Å². The summed E-state index contributed by atoms with van der Waals surface area (Å²) in [5, 5.41) is 2.86. The molecule has 9 heteroatoms. The quantitative estimate of drug-likeness (QED) is 0.400. The van der Waals surface area contributed by atoms with Crippen molar-refractivity contribution < 1.29 is 22.7 Å². The van der Waals surface area contributed by atoms with Crippen LogP contribution in [0.15, 0.2) is 60.7 Å². The second-order valence-corrected chi connectivity index (χ2v) is 10.7. The van der Waals surface area contributed by atoms with E-state index in [9.17, 15) is 18.0 Å². The second-order valence-electron chi connectivity index (χ2n) is 8.76. The van der Waals surface area contributed by atoms with Gasteiger partial charge in [-0.25, -0.2) is 8.42 Å². The molecule has 0 aliphatic carbocycles. The first kappa shape index (κ1) is 28.5. The van der Waals surface area contributed by atoms with Gasteiger partial charge in [0.25, 0.3) is 0 Å². The van der Waals surface area contributed by atoms with Crippen LogP contribution >= 0.6 is 0 Å². The maximum atomic E-state index is 13.4. The first-order chi connectivity index (χ1) is 16.6. The van der Waals surface area contributed by atoms with Gasteiger partial charge in [-0.15, -0.1) is 0 Å². The average Bonchev–Trinajstić information content (AvgIpc) is 2.81. The summed E-state index contributed by atoms with van der Waals surface area (Å²) in [7, 11) is -3.67. The zero-order chi connectivity index (χ0) is 25.8. The highest BCUT2D eigenvalue weighted by atomic mass is 32.2. The molecule has 192 valence electrons. The molecule has 1 unspecified atom stereocenters. The van der Waals surface area contributed by atoms with E-state index in [0.29, 0.717) is 19.6 Å². The molecule has 0 saturated heterocycles. The highest BCUT2D eigenvalue weighted by Gasteiger charge is 2.29. The van der Waals surface area contributed by atoms with Crippen LogP contribution in [-0.4, -0.2) is 67.5 Å². The number of hydrogen-bond acceptors (Lipinski definition) is 5. The monoisotopic (exact) mass is 503 g/mol. The molecule has 2 amide bonds. The zero-order valence-corrected chi connectivity index (χ0v) is 21.8. The fraction of sp³-hybridized carbons (Fsp3) is 0.462. The Balaban J connectivity index is 2.15. The van der Waals surface area contributed by atoms with E-state index in [0.717, 1.165) is 21.7 Å². The van der Waals surface area contributed by atoms with E-state index < -0.39 is 22.0 Å². The number of carbonyl (C=O) groups excluding carboxylic acids is 2. The third-order valence-electron chi connectivity index (χ3n) is 5.42. The number of hydrogen-bond donors (Lipinski definition) is 1. The largest absolute Gasteiger partial charge is 0.379 e. The molecule has 0 fully saturated rings. The summed E-state index contributed by atoms with van der Waals surface area (Å²) >= 11 is 0. The molecule has 1 N–H and O–H groups in total. The van der Waals surface area contributed by atoms with Gasteiger partial charge in [0.1, 0.15) is 6.04 Å². The number of benzene rings is 2. The predicted octanol–water partition coefficient (Wildman–Crippen LogP) is 2.80. The summed E-state index contributed by atoms with van der Waals surface area (Å²) < 4.78 is 31.6. The van der Waals surface area contributed by atoms with Gasteiger partial charge in [0.15, 0.2) is 0 Å². The van der Waals surface area contributed by atoms with Crippen molar-refractivity contribution in [2.75, 3.05) is 26.0 Å². The SMILES string of the molecule is CC(C)OCCCNC(=O)C(C)N(Cc1ccccc1)C(=O)CN(Cc1ccccc1)S(C)(=O)=O. The van der Waals surface area contributed by atoms with Crippen molar-refractivity contribution in [3.63, 3.8) is 0 Å². The highest BCUT2D eigenvalue weighted by Crippen LogP contribution is 2.13. The van der Waals surface area contributed by atoms with Gasteiger partial charge in [-0.1, -0.05) is 60.7 Å². The molecule has 2 aromatic carbocycles. The van der Waals surface area contributed by atoms with Crippen LogP contribution in [0.3, 0.4) is 0 Å². The molecule has 0 saturated carbocycles. The van der Waals surface area contributed by atoms with Crippen molar-refractivity contribution >= 4 is 21.8 Å². The Morgan fingerprint density at radius 3 is 1.97 bits per heavy atom. The smallest absolute Gasteiger partial charge is 0.242 e. The molecule has 0 aliphatic rings. The number of ether oxygens (including phenoxy) is 1. The minimum absolute atomic E-state index is 0.0705. The van der Waals surface area contributed by atoms with Crippen LogP contribution in [0.5, 0.6) is 0 Å². The molecule has 35 heavy (non-hydrogen) atoms. The summed E-state index contributed by atoms with van der Waals surface area (Å²) in [6.07, 6.45) is 1.86. The Bertz CT molecular complexity index is 1030. The number of amides is 2. The summed E-state index contributed by atoms with van der Waals surface area (Å²) in [5.74, 6) is -0.742. The molecule has 0 aliphatic heterocycles. The van der Waals surface area contributed by atoms with Crippen LogP contribution in [0, 0.1) is 0 Å². The molecule has 0 spiro atoms. The van der Waals surface area contributed by atoms with Gasteiger partial charge in [0.05, 0.1) is 18.9 Å². The lowest BCUT2D eigenvalue weighted by Crippen LogP contribution is -2.51. The van der Waals surface area contributed by atoms with Crippen molar-refractivity contribution in [3.05, 3.63) is 71.8 Å². The number of nitrogens with zero attached hydrogens (tertiary/aromatic N) is 2. The maximum Gasteiger partial charge on any atom is 0.242 e. The average molecular weight is 504 g/mol. The lowest BCUT2D eigenvalue weighted by molar-refractivity contribution is -0.140. The van der Waals surface area contributed by atoms with Crippen LogP contribution in [0.2, 0.25) is 0 Å². The topological polar surface area (TPSA) is 96.0 Å². The van der Waals surface area contributed by atoms with E-state index >= 15 is 0 Å². The summed E-state index contributed by atoms with van der Waals surface area (Å²) in [5.41, 5.74) is 1.62. The van der Waals surface area contributed by atoms with Crippen LogP contribution in [-0.2, 0) is 37.4 Å². The lowest BCUT2D eigenvalue weighted by atomic mass is 10.1. The number of carbonyl (C=O) groups is 2. The summed E-state index contributed by atoms with van der Waals surface area (Å²) in [4.78, 5) is 27.7. The summed E-state index contributed by atoms with van der Waals surface area (Å²) in [6.45, 7) is 6.41. The Morgan fingerprint density at radius 1 is 0.914 bits per heavy atom. The molecule has 2 aromatic rings. The number of sulfonamides is 1. The van der Waals surface area contributed by atoms with Gasteiger partial charge in [-0.2, -0.15) is 4.31 Å². The first-order valence-corrected chi connectivity index (χ1v) is 13.6. The summed E-state index contributed by atoms with van der Waals surface area (Å²) in [6, 6.07) is 17.6. The van der Waals surface area contributed by atoms with Gasteiger partial charge in [-0.05, 0) is 38.3 Å². The van der Waals surface area contributed by atoms with Crippen molar-refractivity contribution in [1.82, 2.24) is 14.5 Å². The minimum atomic E-state index is -3.67. The van der Waals surface area contributed by atoms with E-state index in [1.165, 1.54) is 4.90 Å². The maximum absolute atomic E-state index is 13.4. The van der Waals surface area contributed by atoms with Gasteiger partial charge >= 0.3 is 0 Å². The van der Waals surface area contributed by atoms with Crippen LogP contribution in [0.4, 0.5) is 0 Å². The van der Waals surface area contributed by atoms with Crippen molar-refractivity contribution in [1.29, 1.82) is 0 Å². The Labute approximate surface area is 209 Å². The van der Waals surface area contributed by atoms with E-state index in [1.54, 1.807) is 6.92 Å². The van der Waals surface area contributed by atoms with Crippen LogP contribution < -0.4 is 5.32 Å². The second kappa shape index (κ2) is 14.0. The fourth-order valence-corrected chi connectivity index (χ4v) is 4.16. The molecule has 0 aromatic heterocycles. The molecule has 0 radical (unpaired) electrons. The van der Waals surface area contributed by atoms with E-state index in [-0.39, 0.29) is 31.6 Å². The zero-order valence-electron chi connectivity index (χ0n) is 21.0. The van der Waals surface area contributed by atoms with E-state index in [4.69, 9.17) is 4.74 Å². The minimum Gasteiger partial charge on any atom is -0.379 e.